The van der Waals surface area contributed by atoms with E-state index in [1.54, 1.807) is 6.07 Å². The summed E-state index contributed by atoms with van der Waals surface area (Å²) in [5.74, 6) is -2.10. The second-order valence-corrected chi connectivity index (χ2v) is 3.71. The Hall–Kier alpha value is -2.13. The number of halogens is 1. The van der Waals surface area contributed by atoms with E-state index in [-0.39, 0.29) is 17.8 Å². The average molecular weight is 238 g/mol. The Morgan fingerprint density at radius 2 is 2.29 bits per heavy atom. The Bertz CT molecular complexity index is 480. The van der Waals surface area contributed by atoms with Gasteiger partial charge in [-0.3, -0.25) is 0 Å². The molecular formula is C11H11FN2O3. The van der Waals surface area contributed by atoms with Crippen LogP contribution in [0.15, 0.2) is 18.2 Å². The smallest absolute Gasteiger partial charge is 0.337 e. The third kappa shape index (κ3) is 2.92. The fraction of sp³-hybridized carbons (Fsp3) is 0.273. The van der Waals surface area contributed by atoms with Gasteiger partial charge in [0.05, 0.1) is 12.2 Å². The summed E-state index contributed by atoms with van der Waals surface area (Å²) in [7, 11) is 0. The van der Waals surface area contributed by atoms with Crippen LogP contribution in [0.25, 0.3) is 0 Å². The zero-order chi connectivity index (χ0) is 13.1. The zero-order valence-electron chi connectivity index (χ0n) is 9.07. The molecule has 0 fully saturated rings. The van der Waals surface area contributed by atoms with Gasteiger partial charge in [-0.25, -0.2) is 9.18 Å². The normalized spacial score (nSPS) is 13.5. The van der Waals surface area contributed by atoms with E-state index in [0.717, 1.165) is 13.0 Å². The number of anilines is 1. The number of benzene rings is 1. The Morgan fingerprint density at radius 3 is 2.82 bits per heavy atom. The van der Waals surface area contributed by atoms with Crippen molar-refractivity contribution in [2.45, 2.75) is 12.5 Å². The highest BCUT2D eigenvalue weighted by Crippen LogP contribution is 2.18. The van der Waals surface area contributed by atoms with E-state index in [1.807, 2.05) is 0 Å². The van der Waals surface area contributed by atoms with E-state index < -0.39 is 17.4 Å². The molecule has 0 aliphatic carbocycles. The minimum Gasteiger partial charge on any atom is -0.479 e. The summed E-state index contributed by atoms with van der Waals surface area (Å²) in [6.07, 6.45) is 0. The molecule has 0 amide bonds. The predicted octanol–water partition coefficient (Wildman–Crippen LogP) is 0.945. The Morgan fingerprint density at radius 1 is 1.65 bits per heavy atom. The molecule has 0 heterocycles. The van der Waals surface area contributed by atoms with Crippen LogP contribution >= 0.6 is 0 Å². The highest BCUT2D eigenvalue weighted by Gasteiger charge is 2.29. The molecule has 0 saturated carbocycles. The van der Waals surface area contributed by atoms with Crippen molar-refractivity contribution in [2.75, 3.05) is 11.9 Å². The summed E-state index contributed by atoms with van der Waals surface area (Å²) in [5, 5.41) is 29.4. The molecule has 0 saturated heterocycles. The van der Waals surface area contributed by atoms with Crippen molar-refractivity contribution in [3.63, 3.8) is 0 Å². The second-order valence-electron chi connectivity index (χ2n) is 3.71. The van der Waals surface area contributed by atoms with E-state index in [1.165, 1.54) is 12.1 Å². The van der Waals surface area contributed by atoms with Crippen LogP contribution in [0.2, 0.25) is 0 Å². The van der Waals surface area contributed by atoms with Gasteiger partial charge in [0.2, 0.25) is 0 Å². The molecule has 1 atom stereocenters. The zero-order valence-corrected chi connectivity index (χ0v) is 9.07. The number of aliphatic carboxylic acids is 1. The van der Waals surface area contributed by atoms with E-state index in [9.17, 15) is 14.3 Å². The van der Waals surface area contributed by atoms with Crippen LogP contribution in [0.1, 0.15) is 12.5 Å². The van der Waals surface area contributed by atoms with Gasteiger partial charge in [-0.1, -0.05) is 6.07 Å². The topological polar surface area (TPSA) is 93.4 Å². The fourth-order valence-corrected chi connectivity index (χ4v) is 1.13. The molecule has 0 aliphatic heterocycles. The summed E-state index contributed by atoms with van der Waals surface area (Å²) in [6.45, 7) is 0.772. The van der Waals surface area contributed by atoms with Crippen molar-refractivity contribution in [3.05, 3.63) is 29.6 Å². The first-order valence-corrected chi connectivity index (χ1v) is 4.77. The first-order valence-electron chi connectivity index (χ1n) is 4.77. The molecule has 1 aromatic rings. The second kappa shape index (κ2) is 4.80. The number of nitrogens with one attached hydrogen (secondary N) is 1. The molecule has 1 aromatic carbocycles. The third-order valence-electron chi connectivity index (χ3n) is 2.21. The first-order chi connectivity index (χ1) is 7.88. The van der Waals surface area contributed by atoms with Gasteiger partial charge in [0.15, 0.2) is 5.60 Å². The molecule has 0 aliphatic rings. The number of hydrogen-bond donors (Lipinski definition) is 3. The molecule has 0 bridgehead atoms. The fourth-order valence-electron chi connectivity index (χ4n) is 1.13. The number of carbonyl (C=O) groups is 1. The first kappa shape index (κ1) is 12.9. The average Bonchev–Trinajstić information content (AvgIpc) is 2.26. The maximum Gasteiger partial charge on any atom is 0.337 e. The van der Waals surface area contributed by atoms with Crippen molar-refractivity contribution in [2.24, 2.45) is 0 Å². The lowest BCUT2D eigenvalue weighted by atomic mass is 10.1. The van der Waals surface area contributed by atoms with Crippen LogP contribution in [-0.2, 0) is 4.79 Å². The number of rotatable bonds is 4. The van der Waals surface area contributed by atoms with Crippen molar-refractivity contribution >= 4 is 11.7 Å². The maximum absolute atomic E-state index is 13.2. The molecule has 3 N–H and O–H groups in total. The van der Waals surface area contributed by atoms with Crippen LogP contribution in [0.4, 0.5) is 10.1 Å². The molecule has 1 unspecified atom stereocenters. The lowest BCUT2D eigenvalue weighted by Gasteiger charge is -2.19. The minimum atomic E-state index is -1.99. The number of nitrogens with zero attached hydrogens (tertiary/aromatic N) is 1. The van der Waals surface area contributed by atoms with Gasteiger partial charge < -0.3 is 15.5 Å². The van der Waals surface area contributed by atoms with Crippen molar-refractivity contribution in [1.82, 2.24) is 0 Å². The molecule has 0 aromatic heterocycles. The van der Waals surface area contributed by atoms with Gasteiger partial charge in [-0.05, 0) is 19.1 Å². The predicted molar refractivity (Wildman–Crippen MR) is 57.9 cm³/mol. The van der Waals surface area contributed by atoms with Crippen LogP contribution in [0.3, 0.4) is 0 Å². The lowest BCUT2D eigenvalue weighted by Crippen LogP contribution is -2.41. The van der Waals surface area contributed by atoms with E-state index in [4.69, 9.17) is 10.4 Å². The SMILES string of the molecule is CC(O)(CNc1cccc(F)c1C#N)C(=O)O. The summed E-state index contributed by atoms with van der Waals surface area (Å²) < 4.78 is 13.2. The molecule has 17 heavy (non-hydrogen) atoms. The number of nitriles is 1. The van der Waals surface area contributed by atoms with Gasteiger partial charge >= 0.3 is 5.97 Å². The molecule has 6 heteroatoms. The van der Waals surface area contributed by atoms with Crippen LogP contribution < -0.4 is 5.32 Å². The van der Waals surface area contributed by atoms with Crippen molar-refractivity contribution in [1.29, 1.82) is 5.26 Å². The Labute approximate surface area is 97.1 Å². The molecule has 90 valence electrons. The van der Waals surface area contributed by atoms with Gasteiger partial charge in [-0.15, -0.1) is 0 Å². The number of carboxylic acid groups (broad SMARTS) is 1. The van der Waals surface area contributed by atoms with Gasteiger partial charge in [0, 0.05) is 0 Å². The molecule has 1 rings (SSSR count). The summed E-state index contributed by atoms with van der Waals surface area (Å²) in [5.41, 5.74) is -2.05. The van der Waals surface area contributed by atoms with Crippen molar-refractivity contribution in [3.8, 4) is 6.07 Å². The third-order valence-corrected chi connectivity index (χ3v) is 2.21. The number of aliphatic hydroxyl groups is 1. The minimum absolute atomic E-state index is 0.147. The highest BCUT2D eigenvalue weighted by molar-refractivity contribution is 5.77. The van der Waals surface area contributed by atoms with E-state index in [2.05, 4.69) is 5.32 Å². The summed E-state index contributed by atoms with van der Waals surface area (Å²) >= 11 is 0. The summed E-state index contributed by atoms with van der Waals surface area (Å²) in [4.78, 5) is 10.6. The molecule has 5 nitrogen and oxygen atoms in total. The van der Waals surface area contributed by atoms with Crippen LogP contribution in [-0.4, -0.2) is 28.3 Å². The lowest BCUT2D eigenvalue weighted by molar-refractivity contribution is -0.155. The highest BCUT2D eigenvalue weighted by atomic mass is 19.1. The Kier molecular flexibility index (Phi) is 3.66. The van der Waals surface area contributed by atoms with Gasteiger partial charge in [-0.2, -0.15) is 5.26 Å². The Balaban J connectivity index is 2.88. The number of carboxylic acids is 1. The summed E-state index contributed by atoms with van der Waals surface area (Å²) in [6, 6.07) is 5.60. The quantitative estimate of drug-likeness (QED) is 0.726. The van der Waals surface area contributed by atoms with E-state index in [0.29, 0.717) is 0 Å². The maximum atomic E-state index is 13.2. The van der Waals surface area contributed by atoms with E-state index >= 15 is 0 Å². The largest absolute Gasteiger partial charge is 0.479 e. The number of hydrogen-bond acceptors (Lipinski definition) is 4. The van der Waals surface area contributed by atoms with Crippen LogP contribution in [0.5, 0.6) is 0 Å². The molecule has 0 spiro atoms. The van der Waals surface area contributed by atoms with Crippen LogP contribution in [0, 0.1) is 17.1 Å². The van der Waals surface area contributed by atoms with Gasteiger partial charge in [0.25, 0.3) is 0 Å². The standard InChI is InChI=1S/C11H11FN2O3/c1-11(17,10(15)16)6-14-9-4-2-3-8(12)7(9)5-13/h2-4,14,17H,6H2,1H3,(H,15,16). The molecule has 0 radical (unpaired) electrons. The van der Waals surface area contributed by atoms with Gasteiger partial charge in [0.1, 0.15) is 17.4 Å². The van der Waals surface area contributed by atoms with Crippen molar-refractivity contribution < 1.29 is 19.4 Å². The molecular weight excluding hydrogens is 227 g/mol. The monoisotopic (exact) mass is 238 g/mol.